The Bertz CT molecular complexity index is 819. The zero-order valence-corrected chi connectivity index (χ0v) is 14.6. The van der Waals surface area contributed by atoms with E-state index in [4.69, 9.17) is 0 Å². The molecule has 0 aliphatic rings. The first kappa shape index (κ1) is 15.2. The van der Waals surface area contributed by atoms with E-state index in [2.05, 4.69) is 47.1 Å². The number of nitrogens with one attached hydrogen (secondary N) is 3. The average molecular weight is 427 g/mol. The number of fused-ring (bicyclic) bond motifs is 1. The number of phenols is 1. The van der Waals surface area contributed by atoms with Gasteiger partial charge < -0.3 is 20.4 Å². The largest absolute Gasteiger partial charge is 0.508 e. The molecule has 0 atom stereocenters. The van der Waals surface area contributed by atoms with E-state index >= 15 is 0 Å². The third kappa shape index (κ3) is 3.05. The fourth-order valence-corrected chi connectivity index (χ4v) is 2.96. The second kappa shape index (κ2) is 6.18. The molecule has 2 heterocycles. The molecule has 3 aromatic rings. The van der Waals surface area contributed by atoms with Crippen molar-refractivity contribution in [2.45, 2.75) is 6.42 Å². The van der Waals surface area contributed by atoms with Crippen LogP contribution in [0.25, 0.3) is 10.9 Å². The summed E-state index contributed by atoms with van der Waals surface area (Å²) in [4.78, 5) is 18.1. The molecule has 2 aromatic heterocycles. The quantitative estimate of drug-likeness (QED) is 0.513. The molecule has 0 aliphatic carbocycles. The lowest BCUT2D eigenvalue weighted by atomic mass is 10.1. The summed E-state index contributed by atoms with van der Waals surface area (Å²) in [5, 5.41) is 13.4. The van der Waals surface area contributed by atoms with Crippen LogP contribution in [0.2, 0.25) is 0 Å². The summed E-state index contributed by atoms with van der Waals surface area (Å²) in [6, 6.07) is 6.93. The van der Waals surface area contributed by atoms with Crippen LogP contribution >= 0.6 is 31.9 Å². The van der Waals surface area contributed by atoms with Crippen LogP contribution in [0, 0.1) is 0 Å². The molecule has 1 aromatic carbocycles. The molecular formula is C15H13Br2N3O2. The third-order valence-corrected chi connectivity index (χ3v) is 5.18. The lowest BCUT2D eigenvalue weighted by Gasteiger charge is -2.03. The lowest BCUT2D eigenvalue weighted by Crippen LogP contribution is -2.25. The van der Waals surface area contributed by atoms with Crippen molar-refractivity contribution < 1.29 is 9.90 Å². The summed E-state index contributed by atoms with van der Waals surface area (Å²) >= 11 is 6.64. The zero-order chi connectivity index (χ0) is 15.7. The molecule has 0 saturated carbocycles. The van der Waals surface area contributed by atoms with Crippen molar-refractivity contribution >= 4 is 48.7 Å². The van der Waals surface area contributed by atoms with E-state index < -0.39 is 0 Å². The Hall–Kier alpha value is -1.73. The first-order chi connectivity index (χ1) is 10.5. The maximum Gasteiger partial charge on any atom is 0.267 e. The number of hydrogen-bond donors (Lipinski definition) is 4. The Morgan fingerprint density at radius 2 is 2.09 bits per heavy atom. The van der Waals surface area contributed by atoms with Crippen molar-refractivity contribution in [3.63, 3.8) is 0 Å². The molecule has 0 aliphatic heterocycles. The molecule has 0 radical (unpaired) electrons. The van der Waals surface area contributed by atoms with Gasteiger partial charge in [-0.25, -0.2) is 0 Å². The number of hydrogen-bond acceptors (Lipinski definition) is 2. The number of carbonyl (C=O) groups excluding carboxylic acids is 1. The van der Waals surface area contributed by atoms with Gasteiger partial charge in [-0.2, -0.15) is 0 Å². The maximum absolute atomic E-state index is 12.0. The summed E-state index contributed by atoms with van der Waals surface area (Å²) in [5.41, 5.74) is 2.52. The normalized spacial score (nSPS) is 11.0. The third-order valence-electron chi connectivity index (χ3n) is 3.40. The fraction of sp³-hybridized carbons (Fsp3) is 0.133. The number of aromatic nitrogens is 2. The van der Waals surface area contributed by atoms with Crippen LogP contribution in [0.3, 0.4) is 0 Å². The van der Waals surface area contributed by atoms with Gasteiger partial charge in [-0.1, -0.05) is 0 Å². The average Bonchev–Trinajstić information content (AvgIpc) is 3.03. The molecule has 0 bridgehead atoms. The van der Waals surface area contributed by atoms with Gasteiger partial charge in [-0.05, 0) is 68.1 Å². The van der Waals surface area contributed by atoms with Gasteiger partial charge in [0.05, 0.1) is 9.08 Å². The van der Waals surface area contributed by atoms with Crippen LogP contribution in [0.15, 0.2) is 39.5 Å². The number of aromatic hydroxyl groups is 1. The number of halogens is 2. The molecule has 4 N–H and O–H groups in total. The second-order valence-electron chi connectivity index (χ2n) is 4.89. The molecule has 3 rings (SSSR count). The van der Waals surface area contributed by atoms with Gasteiger partial charge in [0.15, 0.2) is 0 Å². The van der Waals surface area contributed by atoms with E-state index in [-0.39, 0.29) is 11.7 Å². The minimum atomic E-state index is -0.158. The Morgan fingerprint density at radius 3 is 2.82 bits per heavy atom. The van der Waals surface area contributed by atoms with Gasteiger partial charge in [-0.15, -0.1) is 0 Å². The molecule has 0 spiro atoms. The SMILES string of the molecule is O=C(NCCc1c[nH]c2ccc(O)cc12)c1cc(Br)c(Br)[nH]1. The van der Waals surface area contributed by atoms with Gasteiger partial charge >= 0.3 is 0 Å². The number of carbonyl (C=O) groups is 1. The Kier molecular flexibility index (Phi) is 4.26. The molecular weight excluding hydrogens is 414 g/mol. The highest BCUT2D eigenvalue weighted by molar-refractivity contribution is 9.13. The van der Waals surface area contributed by atoms with Crippen LogP contribution in [-0.4, -0.2) is 27.5 Å². The zero-order valence-electron chi connectivity index (χ0n) is 11.4. The summed E-state index contributed by atoms with van der Waals surface area (Å²) in [5.74, 6) is 0.0764. The molecule has 0 fully saturated rings. The van der Waals surface area contributed by atoms with Crippen molar-refractivity contribution in [1.82, 2.24) is 15.3 Å². The van der Waals surface area contributed by atoms with Gasteiger partial charge in [0, 0.05) is 23.6 Å². The predicted octanol–water partition coefficient (Wildman–Crippen LogP) is 3.70. The second-order valence-corrected chi connectivity index (χ2v) is 6.54. The molecule has 5 nitrogen and oxygen atoms in total. The standard InChI is InChI=1S/C15H13Br2N3O2/c16-11-6-13(20-14(11)17)15(22)18-4-3-8-7-19-12-2-1-9(21)5-10(8)12/h1-2,5-7,19-21H,3-4H2,(H,18,22). The lowest BCUT2D eigenvalue weighted by molar-refractivity contribution is 0.0949. The minimum Gasteiger partial charge on any atom is -0.508 e. The summed E-state index contributed by atoms with van der Waals surface area (Å²) in [6.45, 7) is 0.510. The van der Waals surface area contributed by atoms with Crippen LogP contribution in [0.5, 0.6) is 5.75 Å². The topological polar surface area (TPSA) is 80.9 Å². The summed E-state index contributed by atoms with van der Waals surface area (Å²) < 4.78 is 1.55. The van der Waals surface area contributed by atoms with Crippen LogP contribution in [-0.2, 0) is 6.42 Å². The number of amides is 1. The molecule has 1 amide bonds. The number of benzene rings is 1. The molecule has 0 unspecified atom stereocenters. The van der Waals surface area contributed by atoms with Gasteiger partial charge in [0.1, 0.15) is 11.4 Å². The maximum atomic E-state index is 12.0. The van der Waals surface area contributed by atoms with Crippen LogP contribution < -0.4 is 5.32 Å². The number of H-pyrrole nitrogens is 2. The predicted molar refractivity (Wildman–Crippen MR) is 92.2 cm³/mol. The fourth-order valence-electron chi connectivity index (χ4n) is 2.31. The highest BCUT2D eigenvalue weighted by Gasteiger charge is 2.11. The summed E-state index contributed by atoms with van der Waals surface area (Å²) in [7, 11) is 0. The number of rotatable bonds is 4. The highest BCUT2D eigenvalue weighted by atomic mass is 79.9. The first-order valence-corrected chi connectivity index (χ1v) is 8.24. The van der Waals surface area contributed by atoms with E-state index in [0.717, 1.165) is 25.5 Å². The van der Waals surface area contributed by atoms with E-state index in [1.165, 1.54) is 0 Å². The summed E-state index contributed by atoms with van der Waals surface area (Å²) in [6.07, 6.45) is 2.58. The molecule has 114 valence electrons. The van der Waals surface area contributed by atoms with Gasteiger partial charge in [0.2, 0.25) is 0 Å². The smallest absolute Gasteiger partial charge is 0.267 e. The monoisotopic (exact) mass is 425 g/mol. The molecule has 0 saturated heterocycles. The van der Waals surface area contributed by atoms with E-state index in [1.807, 2.05) is 12.3 Å². The van der Waals surface area contributed by atoms with E-state index in [0.29, 0.717) is 18.7 Å². The van der Waals surface area contributed by atoms with E-state index in [1.54, 1.807) is 18.2 Å². The number of aromatic amines is 2. The number of phenolic OH excluding ortho intramolecular Hbond substituents is 1. The van der Waals surface area contributed by atoms with Crippen molar-refractivity contribution in [3.05, 3.63) is 50.8 Å². The Morgan fingerprint density at radius 1 is 1.27 bits per heavy atom. The Labute approximate surface area is 143 Å². The molecule has 7 heteroatoms. The van der Waals surface area contributed by atoms with Gasteiger partial charge in [-0.3, -0.25) is 4.79 Å². The van der Waals surface area contributed by atoms with Gasteiger partial charge in [0.25, 0.3) is 5.91 Å². The van der Waals surface area contributed by atoms with Crippen molar-refractivity contribution in [3.8, 4) is 5.75 Å². The van der Waals surface area contributed by atoms with Crippen molar-refractivity contribution in [1.29, 1.82) is 0 Å². The van der Waals surface area contributed by atoms with Crippen LogP contribution in [0.4, 0.5) is 0 Å². The first-order valence-electron chi connectivity index (χ1n) is 6.66. The highest BCUT2D eigenvalue weighted by Crippen LogP contribution is 2.24. The Balaban J connectivity index is 1.64. The van der Waals surface area contributed by atoms with Crippen LogP contribution in [0.1, 0.15) is 16.1 Å². The van der Waals surface area contributed by atoms with Crippen molar-refractivity contribution in [2.24, 2.45) is 0 Å². The molecule has 22 heavy (non-hydrogen) atoms. The van der Waals surface area contributed by atoms with E-state index in [9.17, 15) is 9.90 Å². The minimum absolute atomic E-state index is 0.158. The van der Waals surface area contributed by atoms with Crippen molar-refractivity contribution in [2.75, 3.05) is 6.54 Å².